The van der Waals surface area contributed by atoms with Crippen molar-refractivity contribution in [3.05, 3.63) is 76.2 Å². The normalized spacial score (nSPS) is 10.5. The third-order valence-corrected chi connectivity index (χ3v) is 3.34. The molecule has 7 nitrogen and oxygen atoms in total. The number of hydrogen-bond acceptors (Lipinski definition) is 5. The first kappa shape index (κ1) is 15.3. The minimum atomic E-state index is -1.48. The molecule has 1 heterocycles. The van der Waals surface area contributed by atoms with Crippen LogP contribution in [0.5, 0.6) is 0 Å². The Labute approximate surface area is 134 Å². The van der Waals surface area contributed by atoms with Crippen LogP contribution in [0.3, 0.4) is 0 Å². The second-order valence-electron chi connectivity index (χ2n) is 4.90. The molecule has 0 amide bonds. The maximum Gasteiger partial charge on any atom is 0.271 e. The highest BCUT2D eigenvalue weighted by Crippen LogP contribution is 2.23. The van der Waals surface area contributed by atoms with Gasteiger partial charge in [-0.3, -0.25) is 10.1 Å². The van der Waals surface area contributed by atoms with E-state index in [1.165, 1.54) is 54.6 Å². The van der Waals surface area contributed by atoms with Gasteiger partial charge in [0.05, 0.1) is 28.0 Å². The van der Waals surface area contributed by atoms with E-state index >= 15 is 0 Å². The van der Waals surface area contributed by atoms with Crippen molar-refractivity contribution in [1.29, 1.82) is 0 Å². The molecule has 3 rings (SSSR count). The second kappa shape index (κ2) is 5.92. The van der Waals surface area contributed by atoms with Crippen molar-refractivity contribution in [2.24, 2.45) is 0 Å². The van der Waals surface area contributed by atoms with Crippen LogP contribution >= 0.6 is 0 Å². The van der Waals surface area contributed by atoms with Gasteiger partial charge in [-0.1, -0.05) is 6.07 Å². The van der Waals surface area contributed by atoms with Crippen molar-refractivity contribution in [2.75, 3.05) is 0 Å². The number of nitrogens with zero attached hydrogens (tertiary/aromatic N) is 3. The van der Waals surface area contributed by atoms with E-state index in [1.54, 1.807) is 0 Å². The quantitative estimate of drug-likeness (QED) is 0.539. The summed E-state index contributed by atoms with van der Waals surface area (Å²) < 4.78 is 14.0. The molecule has 0 saturated heterocycles. The van der Waals surface area contributed by atoms with Crippen LogP contribution in [0.1, 0.15) is 10.5 Å². The number of non-ortho nitro benzene ring substituents is 1. The lowest BCUT2D eigenvalue weighted by molar-refractivity contribution is -0.384. The molecule has 2 aromatic carbocycles. The molecule has 0 aliphatic rings. The van der Waals surface area contributed by atoms with E-state index in [4.69, 9.17) is 0 Å². The summed E-state index contributed by atoms with van der Waals surface area (Å²) in [5, 5.41) is 26.4. The SMILES string of the molecule is O=C([O-])c1cc(-c2ccc(F)cc2)nn1-c1cccc([N+](=O)[O-])c1. The van der Waals surface area contributed by atoms with Crippen molar-refractivity contribution in [2.45, 2.75) is 0 Å². The van der Waals surface area contributed by atoms with Crippen LogP contribution in [0.15, 0.2) is 54.6 Å². The van der Waals surface area contributed by atoms with E-state index in [0.717, 1.165) is 4.68 Å². The van der Waals surface area contributed by atoms with Crippen molar-refractivity contribution < 1.29 is 19.2 Å². The van der Waals surface area contributed by atoms with E-state index in [1.807, 2.05) is 0 Å². The highest BCUT2D eigenvalue weighted by Gasteiger charge is 2.14. The summed E-state index contributed by atoms with van der Waals surface area (Å²) in [6.07, 6.45) is 0. The Morgan fingerprint density at radius 2 is 1.83 bits per heavy atom. The van der Waals surface area contributed by atoms with Gasteiger partial charge in [-0.05, 0) is 36.4 Å². The zero-order valence-corrected chi connectivity index (χ0v) is 12.0. The number of halogens is 1. The Kier molecular flexibility index (Phi) is 3.78. The number of nitro benzene ring substituents is 1. The van der Waals surface area contributed by atoms with E-state index in [0.29, 0.717) is 5.56 Å². The fraction of sp³-hybridized carbons (Fsp3) is 0. The molecule has 0 atom stereocenters. The predicted octanol–water partition coefficient (Wildman–Crippen LogP) is 1.95. The van der Waals surface area contributed by atoms with Crippen molar-refractivity contribution in [3.8, 4) is 16.9 Å². The maximum atomic E-state index is 13.0. The van der Waals surface area contributed by atoms with E-state index < -0.39 is 16.7 Å². The largest absolute Gasteiger partial charge is 0.543 e. The second-order valence-corrected chi connectivity index (χ2v) is 4.90. The number of nitro groups is 1. The van der Waals surface area contributed by atoms with Gasteiger partial charge in [0.15, 0.2) is 0 Å². The fourth-order valence-electron chi connectivity index (χ4n) is 2.22. The lowest BCUT2D eigenvalue weighted by atomic mass is 10.1. The van der Waals surface area contributed by atoms with E-state index in [-0.39, 0.29) is 22.8 Å². The van der Waals surface area contributed by atoms with Crippen LogP contribution in [0, 0.1) is 15.9 Å². The molecule has 8 heteroatoms. The number of aromatic nitrogens is 2. The Balaban J connectivity index is 2.13. The van der Waals surface area contributed by atoms with Crippen LogP contribution in [0.2, 0.25) is 0 Å². The summed E-state index contributed by atoms with van der Waals surface area (Å²) in [6, 6.07) is 12.0. The first-order chi connectivity index (χ1) is 11.5. The molecule has 0 unspecified atom stereocenters. The zero-order valence-electron chi connectivity index (χ0n) is 12.0. The highest BCUT2D eigenvalue weighted by molar-refractivity contribution is 5.86. The van der Waals surface area contributed by atoms with Crippen LogP contribution in [-0.2, 0) is 0 Å². The van der Waals surface area contributed by atoms with Gasteiger partial charge in [-0.15, -0.1) is 0 Å². The highest BCUT2D eigenvalue weighted by atomic mass is 19.1. The Bertz CT molecular complexity index is 935. The summed E-state index contributed by atoms with van der Waals surface area (Å²) in [7, 11) is 0. The number of carboxylic acid groups (broad SMARTS) is 1. The van der Waals surface area contributed by atoms with Crippen molar-refractivity contribution in [3.63, 3.8) is 0 Å². The smallest absolute Gasteiger partial charge is 0.271 e. The lowest BCUT2D eigenvalue weighted by Crippen LogP contribution is -2.25. The molecule has 0 radical (unpaired) electrons. The third-order valence-electron chi connectivity index (χ3n) is 3.34. The van der Waals surface area contributed by atoms with Crippen molar-refractivity contribution in [1.82, 2.24) is 9.78 Å². The molecule has 0 aliphatic carbocycles. The molecule has 0 N–H and O–H groups in total. The topological polar surface area (TPSA) is 101 Å². The first-order valence-electron chi connectivity index (χ1n) is 6.78. The van der Waals surface area contributed by atoms with Gasteiger partial charge in [-0.2, -0.15) is 5.10 Å². The Morgan fingerprint density at radius 1 is 1.12 bits per heavy atom. The van der Waals surface area contributed by atoms with Crippen molar-refractivity contribution >= 4 is 11.7 Å². The zero-order chi connectivity index (χ0) is 17.3. The van der Waals surface area contributed by atoms with Crippen LogP contribution in [0.25, 0.3) is 16.9 Å². The standard InChI is InChI=1S/C16H10FN3O4/c17-11-6-4-10(5-7-11)14-9-15(16(21)22)19(18-14)12-2-1-3-13(8-12)20(23)24/h1-9H,(H,21,22)/p-1. The molecule has 0 spiro atoms. The summed E-state index contributed by atoms with van der Waals surface area (Å²) >= 11 is 0. The fourth-order valence-corrected chi connectivity index (χ4v) is 2.22. The molecule has 3 aromatic rings. The predicted molar refractivity (Wildman–Crippen MR) is 79.9 cm³/mol. The van der Waals surface area contributed by atoms with Gasteiger partial charge in [0.1, 0.15) is 5.82 Å². The molecule has 1 aromatic heterocycles. The molecule has 120 valence electrons. The van der Waals surface area contributed by atoms with Crippen LogP contribution in [0.4, 0.5) is 10.1 Å². The van der Waals surface area contributed by atoms with Crippen LogP contribution < -0.4 is 5.11 Å². The number of carbonyl (C=O) groups is 1. The molecular weight excluding hydrogens is 317 g/mol. The van der Waals surface area contributed by atoms with Crippen LogP contribution in [-0.4, -0.2) is 20.7 Å². The van der Waals surface area contributed by atoms with Gasteiger partial charge in [0, 0.05) is 17.7 Å². The van der Waals surface area contributed by atoms with Gasteiger partial charge in [0.2, 0.25) is 0 Å². The van der Waals surface area contributed by atoms with Gasteiger partial charge in [-0.25, -0.2) is 9.07 Å². The number of benzene rings is 2. The van der Waals surface area contributed by atoms with E-state index in [9.17, 15) is 24.4 Å². The average molecular weight is 326 g/mol. The minimum Gasteiger partial charge on any atom is -0.543 e. The summed E-state index contributed by atoms with van der Waals surface area (Å²) in [5.74, 6) is -1.92. The number of hydrogen-bond donors (Lipinski definition) is 0. The number of carboxylic acids is 1. The monoisotopic (exact) mass is 326 g/mol. The number of carbonyl (C=O) groups excluding carboxylic acids is 1. The molecule has 24 heavy (non-hydrogen) atoms. The summed E-state index contributed by atoms with van der Waals surface area (Å²) in [5.41, 5.74) is 0.519. The van der Waals surface area contributed by atoms with E-state index in [2.05, 4.69) is 5.10 Å². The maximum absolute atomic E-state index is 13.0. The molecule has 0 aliphatic heterocycles. The Hall–Kier alpha value is -3.55. The van der Waals surface area contributed by atoms with Gasteiger partial charge >= 0.3 is 0 Å². The molecule has 0 saturated carbocycles. The lowest BCUT2D eigenvalue weighted by Gasteiger charge is -2.07. The molecular formula is C16H9FN3O4-. The van der Waals surface area contributed by atoms with Gasteiger partial charge in [0.25, 0.3) is 5.69 Å². The average Bonchev–Trinajstić information content (AvgIpc) is 3.01. The first-order valence-corrected chi connectivity index (χ1v) is 6.78. The Morgan fingerprint density at radius 3 is 2.46 bits per heavy atom. The minimum absolute atomic E-state index is 0.198. The number of rotatable bonds is 4. The molecule has 0 bridgehead atoms. The summed E-state index contributed by atoms with van der Waals surface area (Å²) in [4.78, 5) is 21.6. The number of aromatic carboxylic acids is 1. The van der Waals surface area contributed by atoms with Gasteiger partial charge < -0.3 is 9.90 Å². The third kappa shape index (κ3) is 2.84. The summed E-state index contributed by atoms with van der Waals surface area (Å²) in [6.45, 7) is 0. The molecule has 0 fully saturated rings.